The largest absolute Gasteiger partial charge is 0.444 e. The van der Waals surface area contributed by atoms with E-state index in [2.05, 4.69) is 21.2 Å². The van der Waals surface area contributed by atoms with Gasteiger partial charge in [0.25, 0.3) is 11.5 Å². The van der Waals surface area contributed by atoms with Crippen LogP contribution >= 0.6 is 15.9 Å². The Morgan fingerprint density at radius 3 is 2.76 bits per heavy atom. The molecule has 2 rings (SSSR count). The first-order valence-electron chi connectivity index (χ1n) is 6.78. The number of aryl methyl sites for hydroxylation is 1. The maximum Gasteiger partial charge on any atom is 0.287 e. The van der Waals surface area contributed by atoms with Crippen molar-refractivity contribution in [2.45, 2.75) is 26.3 Å². The zero-order valence-electron chi connectivity index (χ0n) is 11.8. The van der Waals surface area contributed by atoms with Gasteiger partial charge in [-0.3, -0.25) is 9.59 Å². The van der Waals surface area contributed by atoms with Crippen LogP contribution in [-0.4, -0.2) is 17.0 Å². The number of unbranched alkanes of at least 4 members (excludes halogenated alkanes) is 1. The number of nitrogens with zero attached hydrogens (tertiary/aromatic N) is 1. The fraction of sp³-hybridized carbons (Fsp3) is 0.333. The number of halogens is 1. The summed E-state index contributed by atoms with van der Waals surface area (Å²) in [6.45, 7) is 3.13. The normalized spacial score (nSPS) is 10.6. The lowest BCUT2D eigenvalue weighted by atomic mass is 10.2. The van der Waals surface area contributed by atoms with E-state index in [1.807, 2.05) is 13.0 Å². The Hall–Kier alpha value is -1.82. The Morgan fingerprint density at radius 1 is 1.29 bits per heavy atom. The molecule has 1 N–H and O–H groups in total. The topological polar surface area (TPSA) is 64.2 Å². The summed E-state index contributed by atoms with van der Waals surface area (Å²) >= 11 is 3.15. The van der Waals surface area contributed by atoms with E-state index in [-0.39, 0.29) is 17.2 Å². The van der Waals surface area contributed by atoms with Crippen molar-refractivity contribution in [2.24, 2.45) is 0 Å². The summed E-state index contributed by atoms with van der Waals surface area (Å²) in [5.74, 6) is 0.0609. The highest BCUT2D eigenvalue weighted by Crippen LogP contribution is 2.13. The van der Waals surface area contributed by atoms with Crippen LogP contribution in [0.5, 0.6) is 0 Å². The number of hydrogen-bond donors (Lipinski definition) is 1. The van der Waals surface area contributed by atoms with Crippen molar-refractivity contribution in [1.82, 2.24) is 9.88 Å². The fourth-order valence-electron chi connectivity index (χ4n) is 2.03. The van der Waals surface area contributed by atoms with Crippen molar-refractivity contribution >= 4 is 21.8 Å². The number of furan rings is 1. The van der Waals surface area contributed by atoms with Crippen LogP contribution in [0.1, 0.15) is 29.1 Å². The molecule has 0 aliphatic carbocycles. The molecular formula is C15H17BrN2O3. The molecule has 0 aromatic carbocycles. The van der Waals surface area contributed by atoms with Gasteiger partial charge in [-0.25, -0.2) is 0 Å². The molecular weight excluding hydrogens is 336 g/mol. The lowest BCUT2D eigenvalue weighted by Crippen LogP contribution is -2.25. The molecule has 0 saturated carbocycles. The van der Waals surface area contributed by atoms with E-state index in [4.69, 9.17) is 4.42 Å². The summed E-state index contributed by atoms with van der Waals surface area (Å²) in [7, 11) is 0. The molecule has 0 fully saturated rings. The highest BCUT2D eigenvalue weighted by Gasteiger charge is 2.09. The summed E-state index contributed by atoms with van der Waals surface area (Å²) in [6.07, 6.45) is 1.63. The Balaban J connectivity index is 1.73. The van der Waals surface area contributed by atoms with Crippen LogP contribution in [0, 0.1) is 6.92 Å². The van der Waals surface area contributed by atoms with E-state index in [0.717, 1.165) is 18.5 Å². The molecule has 5 nitrogen and oxygen atoms in total. The van der Waals surface area contributed by atoms with Crippen LogP contribution in [0.3, 0.4) is 0 Å². The molecule has 6 heteroatoms. The number of rotatable bonds is 6. The number of aromatic nitrogens is 1. The molecule has 0 saturated heterocycles. The molecule has 0 atom stereocenters. The van der Waals surface area contributed by atoms with Crippen LogP contribution in [0.4, 0.5) is 0 Å². The molecule has 0 aliphatic heterocycles. The summed E-state index contributed by atoms with van der Waals surface area (Å²) in [5.41, 5.74) is 0.964. The SMILES string of the molecule is Cc1cccc(=O)n1CCCCNC(=O)c1ccc(Br)o1. The van der Waals surface area contributed by atoms with E-state index in [1.54, 1.807) is 28.8 Å². The second kappa shape index (κ2) is 7.26. The molecule has 2 aromatic rings. The molecule has 112 valence electrons. The molecule has 21 heavy (non-hydrogen) atoms. The van der Waals surface area contributed by atoms with Gasteiger partial charge in [0.2, 0.25) is 0 Å². The molecule has 0 aliphatic rings. The van der Waals surface area contributed by atoms with Gasteiger partial charge in [-0.15, -0.1) is 0 Å². The average molecular weight is 353 g/mol. The smallest absolute Gasteiger partial charge is 0.287 e. The van der Waals surface area contributed by atoms with Gasteiger partial charge in [0, 0.05) is 24.8 Å². The van der Waals surface area contributed by atoms with Gasteiger partial charge >= 0.3 is 0 Å². The number of pyridine rings is 1. The van der Waals surface area contributed by atoms with Gasteiger partial charge in [-0.2, -0.15) is 0 Å². The van der Waals surface area contributed by atoms with Crippen LogP contribution in [0.2, 0.25) is 0 Å². The van der Waals surface area contributed by atoms with Gasteiger partial charge in [0.1, 0.15) is 0 Å². The minimum absolute atomic E-state index is 0.0134. The van der Waals surface area contributed by atoms with Gasteiger partial charge in [-0.05, 0) is 53.9 Å². The lowest BCUT2D eigenvalue weighted by molar-refractivity contribution is 0.0924. The molecule has 0 bridgehead atoms. The molecule has 0 unspecified atom stereocenters. The quantitative estimate of drug-likeness (QED) is 0.813. The number of carbonyl (C=O) groups excluding carboxylic acids is 1. The predicted octanol–water partition coefficient (Wildman–Crippen LogP) is 2.72. The zero-order valence-corrected chi connectivity index (χ0v) is 13.4. The van der Waals surface area contributed by atoms with Crippen molar-refractivity contribution in [3.8, 4) is 0 Å². The number of carbonyl (C=O) groups is 1. The van der Waals surface area contributed by atoms with Crippen LogP contribution in [-0.2, 0) is 6.54 Å². The van der Waals surface area contributed by atoms with Gasteiger partial charge in [0.15, 0.2) is 10.4 Å². The zero-order chi connectivity index (χ0) is 15.2. The van der Waals surface area contributed by atoms with E-state index in [9.17, 15) is 9.59 Å². The second-order valence-electron chi connectivity index (χ2n) is 4.72. The number of nitrogens with one attached hydrogen (secondary N) is 1. The van der Waals surface area contributed by atoms with E-state index < -0.39 is 0 Å². The Kier molecular flexibility index (Phi) is 5.38. The highest BCUT2D eigenvalue weighted by atomic mass is 79.9. The Bertz CT molecular complexity index is 676. The first kappa shape index (κ1) is 15.6. The van der Waals surface area contributed by atoms with E-state index in [1.165, 1.54) is 0 Å². The summed E-state index contributed by atoms with van der Waals surface area (Å²) in [6, 6.07) is 8.53. The molecule has 2 aromatic heterocycles. The third-order valence-corrected chi connectivity index (χ3v) is 3.59. The summed E-state index contributed by atoms with van der Waals surface area (Å²) in [5, 5.41) is 2.79. The Labute approximate surface area is 131 Å². The van der Waals surface area contributed by atoms with E-state index >= 15 is 0 Å². The van der Waals surface area contributed by atoms with Crippen LogP contribution in [0.25, 0.3) is 0 Å². The van der Waals surface area contributed by atoms with E-state index in [0.29, 0.717) is 17.8 Å². The molecule has 2 heterocycles. The van der Waals surface area contributed by atoms with Gasteiger partial charge in [0.05, 0.1) is 0 Å². The maximum atomic E-state index is 11.7. The van der Waals surface area contributed by atoms with Crippen molar-refractivity contribution < 1.29 is 9.21 Å². The van der Waals surface area contributed by atoms with Crippen LogP contribution in [0.15, 0.2) is 44.2 Å². The summed E-state index contributed by atoms with van der Waals surface area (Å²) in [4.78, 5) is 23.4. The molecule has 0 radical (unpaired) electrons. The van der Waals surface area contributed by atoms with Crippen molar-refractivity contribution in [1.29, 1.82) is 0 Å². The van der Waals surface area contributed by atoms with Crippen molar-refractivity contribution in [2.75, 3.05) is 6.54 Å². The minimum atomic E-state index is -0.228. The highest BCUT2D eigenvalue weighted by molar-refractivity contribution is 9.10. The first-order chi connectivity index (χ1) is 10.1. The van der Waals surface area contributed by atoms with Crippen molar-refractivity contribution in [3.63, 3.8) is 0 Å². The number of hydrogen-bond acceptors (Lipinski definition) is 3. The minimum Gasteiger partial charge on any atom is -0.444 e. The third kappa shape index (κ3) is 4.32. The van der Waals surface area contributed by atoms with Gasteiger partial charge < -0.3 is 14.3 Å². The average Bonchev–Trinajstić information content (AvgIpc) is 2.88. The molecule has 1 amide bonds. The maximum absolute atomic E-state index is 11.7. The summed E-state index contributed by atoms with van der Waals surface area (Å²) < 4.78 is 7.44. The second-order valence-corrected chi connectivity index (χ2v) is 5.51. The monoisotopic (exact) mass is 352 g/mol. The first-order valence-corrected chi connectivity index (χ1v) is 7.57. The van der Waals surface area contributed by atoms with Crippen molar-refractivity contribution in [3.05, 3.63) is 56.8 Å². The third-order valence-electron chi connectivity index (χ3n) is 3.16. The van der Waals surface area contributed by atoms with Crippen LogP contribution < -0.4 is 10.9 Å². The molecule has 0 spiro atoms. The lowest BCUT2D eigenvalue weighted by Gasteiger charge is -2.09. The fourth-order valence-corrected chi connectivity index (χ4v) is 2.34. The Morgan fingerprint density at radius 2 is 2.10 bits per heavy atom. The number of amides is 1. The predicted molar refractivity (Wildman–Crippen MR) is 83.4 cm³/mol. The van der Waals surface area contributed by atoms with Gasteiger partial charge in [-0.1, -0.05) is 6.07 Å². The standard InChI is InChI=1S/C15H17BrN2O3/c1-11-5-4-6-14(19)18(11)10-3-2-9-17-15(20)12-7-8-13(16)21-12/h4-8H,2-3,9-10H2,1H3,(H,17,20).